The molecule has 0 unspecified atom stereocenters. The van der Waals surface area contributed by atoms with E-state index in [4.69, 9.17) is 0 Å². The molecule has 0 spiro atoms. The molecule has 5 rings (SSSR count). The zero-order valence-corrected chi connectivity index (χ0v) is 11.3. The van der Waals surface area contributed by atoms with Crippen molar-refractivity contribution >= 4 is 43.5 Å². The fraction of sp³-hybridized carbons (Fsp3) is 0. The summed E-state index contributed by atoms with van der Waals surface area (Å²) >= 11 is 0. The normalized spacial score (nSPS) is 11.8. The van der Waals surface area contributed by atoms with E-state index in [1.807, 2.05) is 12.3 Å². The monoisotopic (exact) mass is 268 g/mol. The van der Waals surface area contributed by atoms with Crippen LogP contribution in [0.2, 0.25) is 0 Å². The van der Waals surface area contributed by atoms with Crippen LogP contribution in [0.5, 0.6) is 0 Å². The molecule has 0 fully saturated rings. The minimum Gasteiger partial charge on any atom is -0.354 e. The van der Waals surface area contributed by atoms with Crippen LogP contribution in [0.25, 0.3) is 43.5 Å². The summed E-state index contributed by atoms with van der Waals surface area (Å²) in [5.74, 6) is 0. The number of benzene rings is 3. The number of fused-ring (bicyclic) bond motifs is 7. The molecule has 2 heterocycles. The molecule has 2 aromatic heterocycles. The highest BCUT2D eigenvalue weighted by Gasteiger charge is 2.10. The van der Waals surface area contributed by atoms with Gasteiger partial charge in [-0.15, -0.1) is 0 Å². The smallest absolute Gasteiger partial charge is 0.0708 e. The van der Waals surface area contributed by atoms with Crippen molar-refractivity contribution < 1.29 is 0 Å². The standard InChI is InChI=1S/C19H12N2/c1-3-7-15-13(5-1)18-12(11-20-15)9-10-17-19(18)14-6-2-4-8-16(14)21-17/h1-11,21H. The van der Waals surface area contributed by atoms with Crippen molar-refractivity contribution in [1.82, 2.24) is 9.97 Å². The zero-order chi connectivity index (χ0) is 13.8. The molecule has 3 aromatic carbocycles. The van der Waals surface area contributed by atoms with Crippen molar-refractivity contribution in [1.29, 1.82) is 0 Å². The molecule has 0 atom stereocenters. The first kappa shape index (κ1) is 10.9. The Morgan fingerprint density at radius 1 is 0.667 bits per heavy atom. The molecular formula is C19H12N2. The van der Waals surface area contributed by atoms with Crippen LogP contribution in [0, 0.1) is 0 Å². The Labute approximate surface area is 121 Å². The topological polar surface area (TPSA) is 28.7 Å². The first-order valence-electron chi connectivity index (χ1n) is 7.09. The number of pyridine rings is 1. The maximum absolute atomic E-state index is 4.57. The summed E-state index contributed by atoms with van der Waals surface area (Å²) in [7, 11) is 0. The van der Waals surface area contributed by atoms with E-state index < -0.39 is 0 Å². The van der Waals surface area contributed by atoms with Gasteiger partial charge in [0.05, 0.1) is 5.52 Å². The molecule has 0 aliphatic carbocycles. The second kappa shape index (κ2) is 3.83. The molecule has 0 saturated heterocycles. The van der Waals surface area contributed by atoms with E-state index in [1.54, 1.807) is 0 Å². The van der Waals surface area contributed by atoms with Crippen LogP contribution in [-0.4, -0.2) is 9.97 Å². The van der Waals surface area contributed by atoms with Gasteiger partial charge in [0.2, 0.25) is 0 Å². The van der Waals surface area contributed by atoms with Crippen molar-refractivity contribution in [3.8, 4) is 0 Å². The van der Waals surface area contributed by atoms with Gasteiger partial charge in [0.25, 0.3) is 0 Å². The first-order chi connectivity index (χ1) is 10.4. The molecular weight excluding hydrogens is 256 g/mol. The number of aromatic amines is 1. The van der Waals surface area contributed by atoms with E-state index in [0.29, 0.717) is 0 Å². The second-order valence-corrected chi connectivity index (χ2v) is 5.40. The molecule has 2 heteroatoms. The second-order valence-electron chi connectivity index (χ2n) is 5.40. The van der Waals surface area contributed by atoms with E-state index in [0.717, 1.165) is 5.52 Å². The van der Waals surface area contributed by atoms with Crippen LogP contribution in [0.1, 0.15) is 0 Å². The van der Waals surface area contributed by atoms with Gasteiger partial charge in [-0.05, 0) is 18.2 Å². The summed E-state index contributed by atoms with van der Waals surface area (Å²) in [6, 6.07) is 21.1. The van der Waals surface area contributed by atoms with Gasteiger partial charge < -0.3 is 4.98 Å². The quantitative estimate of drug-likeness (QED) is 0.392. The molecule has 2 nitrogen and oxygen atoms in total. The Morgan fingerprint density at radius 2 is 1.48 bits per heavy atom. The Bertz CT molecular complexity index is 1130. The van der Waals surface area contributed by atoms with Gasteiger partial charge in [-0.2, -0.15) is 0 Å². The van der Waals surface area contributed by atoms with E-state index in [1.165, 1.54) is 38.0 Å². The summed E-state index contributed by atoms with van der Waals surface area (Å²) in [6.45, 7) is 0. The van der Waals surface area contributed by atoms with Crippen LogP contribution in [0.15, 0.2) is 66.9 Å². The lowest BCUT2D eigenvalue weighted by Gasteiger charge is -2.05. The van der Waals surface area contributed by atoms with Crippen molar-refractivity contribution in [2.45, 2.75) is 0 Å². The average molecular weight is 268 g/mol. The predicted octanol–water partition coefficient (Wildman–Crippen LogP) is 5.02. The lowest BCUT2D eigenvalue weighted by atomic mass is 10.0. The first-order valence-corrected chi connectivity index (χ1v) is 7.09. The molecule has 21 heavy (non-hydrogen) atoms. The van der Waals surface area contributed by atoms with Crippen molar-refractivity contribution in [3.63, 3.8) is 0 Å². The number of hydrogen-bond acceptors (Lipinski definition) is 1. The van der Waals surface area contributed by atoms with E-state index >= 15 is 0 Å². The lowest BCUT2D eigenvalue weighted by Crippen LogP contribution is -1.82. The van der Waals surface area contributed by atoms with Crippen LogP contribution in [0.4, 0.5) is 0 Å². The van der Waals surface area contributed by atoms with Crippen LogP contribution >= 0.6 is 0 Å². The zero-order valence-electron chi connectivity index (χ0n) is 11.3. The molecule has 98 valence electrons. The van der Waals surface area contributed by atoms with Crippen LogP contribution < -0.4 is 0 Å². The minimum absolute atomic E-state index is 1.04. The van der Waals surface area contributed by atoms with Crippen LogP contribution in [0.3, 0.4) is 0 Å². The number of nitrogens with one attached hydrogen (secondary N) is 1. The summed E-state index contributed by atoms with van der Waals surface area (Å²) in [4.78, 5) is 8.08. The van der Waals surface area contributed by atoms with Gasteiger partial charge in [-0.25, -0.2) is 0 Å². The van der Waals surface area contributed by atoms with E-state index in [-0.39, 0.29) is 0 Å². The average Bonchev–Trinajstić information content (AvgIpc) is 2.93. The SMILES string of the molecule is c1ccc2c(c1)ncc1ccc3[nH]c4ccccc4c3c12. The number of aromatic nitrogens is 2. The Balaban J connectivity index is 2.19. The maximum atomic E-state index is 4.57. The molecule has 0 bridgehead atoms. The number of rotatable bonds is 0. The van der Waals surface area contributed by atoms with E-state index in [2.05, 4.69) is 64.6 Å². The Morgan fingerprint density at radius 3 is 2.43 bits per heavy atom. The minimum atomic E-state index is 1.04. The fourth-order valence-corrected chi connectivity index (χ4v) is 3.29. The summed E-state index contributed by atoms with van der Waals surface area (Å²) < 4.78 is 0. The molecule has 1 N–H and O–H groups in total. The highest BCUT2D eigenvalue weighted by molar-refractivity contribution is 6.26. The summed E-state index contributed by atoms with van der Waals surface area (Å²) in [6.07, 6.45) is 1.97. The summed E-state index contributed by atoms with van der Waals surface area (Å²) in [5.41, 5.74) is 3.41. The molecule has 0 radical (unpaired) electrons. The lowest BCUT2D eigenvalue weighted by molar-refractivity contribution is 1.45. The number of H-pyrrole nitrogens is 1. The Hall–Kier alpha value is -2.87. The van der Waals surface area contributed by atoms with Crippen LogP contribution in [-0.2, 0) is 0 Å². The van der Waals surface area contributed by atoms with Gasteiger partial charge in [0.15, 0.2) is 0 Å². The molecule has 0 saturated carbocycles. The molecule has 0 aliphatic heterocycles. The van der Waals surface area contributed by atoms with Crippen molar-refractivity contribution in [2.75, 3.05) is 0 Å². The fourth-order valence-electron chi connectivity index (χ4n) is 3.29. The highest BCUT2D eigenvalue weighted by atomic mass is 14.7. The molecule has 0 aliphatic rings. The Kier molecular flexibility index (Phi) is 1.98. The van der Waals surface area contributed by atoms with Gasteiger partial charge in [-0.1, -0.05) is 42.5 Å². The van der Waals surface area contributed by atoms with E-state index in [9.17, 15) is 0 Å². The number of nitrogens with zero attached hydrogens (tertiary/aromatic N) is 1. The summed E-state index contributed by atoms with van der Waals surface area (Å²) in [5, 5.41) is 6.25. The van der Waals surface area contributed by atoms with Crippen molar-refractivity contribution in [2.24, 2.45) is 0 Å². The van der Waals surface area contributed by atoms with Gasteiger partial charge in [0, 0.05) is 44.2 Å². The third kappa shape index (κ3) is 1.39. The van der Waals surface area contributed by atoms with Gasteiger partial charge in [0.1, 0.15) is 0 Å². The number of para-hydroxylation sites is 2. The third-order valence-corrected chi connectivity index (χ3v) is 4.22. The van der Waals surface area contributed by atoms with Gasteiger partial charge in [-0.3, -0.25) is 4.98 Å². The predicted molar refractivity (Wildman–Crippen MR) is 88.6 cm³/mol. The molecule has 0 amide bonds. The molecule has 5 aromatic rings. The third-order valence-electron chi connectivity index (χ3n) is 4.22. The van der Waals surface area contributed by atoms with Crippen molar-refractivity contribution in [3.05, 3.63) is 66.9 Å². The van der Waals surface area contributed by atoms with Gasteiger partial charge >= 0.3 is 0 Å². The highest BCUT2D eigenvalue weighted by Crippen LogP contribution is 2.35. The maximum Gasteiger partial charge on any atom is 0.0708 e. The largest absolute Gasteiger partial charge is 0.354 e. The number of hydrogen-bond donors (Lipinski definition) is 1.